The molecule has 0 aromatic rings. The number of rotatable bonds is 34. The Hall–Kier alpha value is -1.73. The van der Waals surface area contributed by atoms with Gasteiger partial charge >= 0.3 is 19.8 Å². The molecule has 0 fully saturated rings. The van der Waals surface area contributed by atoms with E-state index >= 15 is 0 Å². The summed E-state index contributed by atoms with van der Waals surface area (Å²) in [4.78, 5) is 42.5. The minimum Gasteiger partial charge on any atom is -0.462 e. The molecule has 47 heavy (non-hydrogen) atoms. The number of hydrogen-bond acceptors (Lipinski definition) is 6. The Morgan fingerprint density at radius 2 is 1.04 bits per heavy atom. The number of carbonyl (C=O) groups excluding carboxylic acids is 2. The van der Waals surface area contributed by atoms with E-state index in [1.807, 2.05) is 6.08 Å². The first-order valence-corrected chi connectivity index (χ1v) is 20.4. The van der Waals surface area contributed by atoms with Crippen LogP contribution in [0.15, 0.2) is 36.5 Å². The van der Waals surface area contributed by atoms with E-state index in [0.717, 1.165) is 44.9 Å². The van der Waals surface area contributed by atoms with Crippen LogP contribution in [0.2, 0.25) is 0 Å². The number of unbranched alkanes of at least 4 members (excludes halogenated alkanes) is 21. The Labute approximate surface area is 287 Å². The molecule has 0 unspecified atom stereocenters. The summed E-state index contributed by atoms with van der Waals surface area (Å²) < 4.78 is 26.1. The average molecular weight is 685 g/mol. The van der Waals surface area contributed by atoms with E-state index in [-0.39, 0.29) is 13.0 Å². The molecule has 0 aromatic carbocycles. The molecule has 0 aromatic heterocycles. The normalized spacial score (nSPS) is 12.9. The van der Waals surface area contributed by atoms with Crippen molar-refractivity contribution >= 4 is 19.8 Å². The number of hydrogen-bond donors (Lipinski definition) is 2. The van der Waals surface area contributed by atoms with Crippen molar-refractivity contribution in [1.82, 2.24) is 0 Å². The van der Waals surface area contributed by atoms with Crippen molar-refractivity contribution in [2.24, 2.45) is 0 Å². The molecule has 0 aliphatic heterocycles. The highest BCUT2D eigenvalue weighted by Crippen LogP contribution is 2.35. The highest BCUT2D eigenvalue weighted by atomic mass is 31.2. The third kappa shape index (κ3) is 36.9. The lowest BCUT2D eigenvalue weighted by atomic mass is 10.1. The van der Waals surface area contributed by atoms with E-state index in [1.165, 1.54) is 109 Å². The second-order valence-electron chi connectivity index (χ2n) is 12.6. The Balaban J connectivity index is 4.09. The van der Waals surface area contributed by atoms with Crippen molar-refractivity contribution in [2.75, 3.05) is 13.2 Å². The van der Waals surface area contributed by atoms with Crippen molar-refractivity contribution in [3.8, 4) is 0 Å². The fraction of sp³-hybridized carbons (Fsp3) is 0.789. The van der Waals surface area contributed by atoms with E-state index in [0.29, 0.717) is 6.42 Å². The van der Waals surface area contributed by atoms with Crippen LogP contribution in [0.25, 0.3) is 0 Å². The van der Waals surface area contributed by atoms with Gasteiger partial charge in [-0.25, -0.2) is 9.36 Å². The van der Waals surface area contributed by atoms with Gasteiger partial charge in [-0.05, 0) is 44.9 Å². The summed E-state index contributed by atoms with van der Waals surface area (Å²) in [5.74, 6) is -1.15. The largest absolute Gasteiger partial charge is 0.469 e. The Kier molecular flexibility index (Phi) is 32.9. The molecule has 9 heteroatoms. The summed E-state index contributed by atoms with van der Waals surface area (Å²) in [6.07, 6.45) is 39.2. The maximum Gasteiger partial charge on any atom is 0.469 e. The average Bonchev–Trinajstić information content (AvgIpc) is 3.03. The minimum absolute atomic E-state index is 0.238. The lowest BCUT2D eigenvalue weighted by Crippen LogP contribution is -2.29. The third-order valence-electron chi connectivity index (χ3n) is 7.99. The predicted molar refractivity (Wildman–Crippen MR) is 193 cm³/mol. The van der Waals surface area contributed by atoms with Gasteiger partial charge in [-0.3, -0.25) is 9.32 Å². The lowest BCUT2D eigenvalue weighted by molar-refractivity contribution is -0.157. The molecule has 0 saturated carbocycles. The Bertz CT molecular complexity index is 864. The van der Waals surface area contributed by atoms with Crippen molar-refractivity contribution in [3.05, 3.63) is 36.5 Å². The lowest BCUT2D eigenvalue weighted by Gasteiger charge is -2.17. The van der Waals surface area contributed by atoms with Crippen LogP contribution in [0.3, 0.4) is 0 Å². The molecule has 0 bridgehead atoms. The summed E-state index contributed by atoms with van der Waals surface area (Å²) in [6, 6.07) is 0. The second kappa shape index (κ2) is 34.1. The highest BCUT2D eigenvalue weighted by molar-refractivity contribution is 7.46. The predicted octanol–water partition coefficient (Wildman–Crippen LogP) is 11.0. The first kappa shape index (κ1) is 45.3. The molecule has 0 heterocycles. The van der Waals surface area contributed by atoms with Crippen LogP contribution in [0.1, 0.15) is 174 Å². The standard InChI is InChI=1S/C38H69O8P/c1-3-5-7-9-11-13-15-17-19-21-23-25-27-29-31-33-38(40)46-36(35-45-47(41,42)43)34-44-37(39)32-30-28-26-24-22-20-18-16-14-12-10-8-6-4-2/h16,18,27,29,31,33,36H,3-15,17,19-26,28,30,32,34-35H2,1-2H3,(H2,41,42,43)/b18-16+,29-27+,33-31+/t36-/m1/s1. The summed E-state index contributed by atoms with van der Waals surface area (Å²) >= 11 is 0. The molecule has 8 nitrogen and oxygen atoms in total. The van der Waals surface area contributed by atoms with Gasteiger partial charge in [0.1, 0.15) is 6.61 Å². The maximum absolute atomic E-state index is 12.2. The van der Waals surface area contributed by atoms with Gasteiger partial charge in [0, 0.05) is 12.5 Å². The molecule has 0 aliphatic rings. The van der Waals surface area contributed by atoms with Crippen molar-refractivity contribution in [2.45, 2.75) is 180 Å². The summed E-state index contributed by atoms with van der Waals surface area (Å²) in [6.45, 7) is 3.56. The topological polar surface area (TPSA) is 119 Å². The second-order valence-corrected chi connectivity index (χ2v) is 13.9. The van der Waals surface area contributed by atoms with Gasteiger partial charge in [0.2, 0.25) is 0 Å². The van der Waals surface area contributed by atoms with Crippen molar-refractivity contribution in [1.29, 1.82) is 0 Å². The van der Waals surface area contributed by atoms with Crippen LogP contribution in [-0.4, -0.2) is 41.0 Å². The molecular formula is C38H69O8P. The number of ether oxygens (including phenoxy) is 2. The van der Waals surface area contributed by atoms with Crippen LogP contribution in [0, 0.1) is 0 Å². The molecule has 1 atom stereocenters. The van der Waals surface area contributed by atoms with E-state index < -0.39 is 32.5 Å². The smallest absolute Gasteiger partial charge is 0.462 e. The first-order chi connectivity index (χ1) is 22.8. The van der Waals surface area contributed by atoms with Crippen LogP contribution in [0.4, 0.5) is 0 Å². The molecule has 0 radical (unpaired) electrons. The number of esters is 2. The zero-order valence-electron chi connectivity index (χ0n) is 29.9. The van der Waals surface area contributed by atoms with E-state index in [1.54, 1.807) is 12.2 Å². The minimum atomic E-state index is -4.77. The molecule has 2 N–H and O–H groups in total. The van der Waals surface area contributed by atoms with Crippen molar-refractivity contribution in [3.63, 3.8) is 0 Å². The molecule has 0 saturated heterocycles. The molecule has 0 amide bonds. The van der Waals surface area contributed by atoms with Crippen LogP contribution < -0.4 is 0 Å². The maximum atomic E-state index is 12.2. The quantitative estimate of drug-likeness (QED) is 0.0172. The van der Waals surface area contributed by atoms with Gasteiger partial charge in [-0.2, -0.15) is 0 Å². The summed E-state index contributed by atoms with van der Waals surface area (Å²) in [7, 11) is -4.77. The van der Waals surface area contributed by atoms with E-state index in [9.17, 15) is 14.2 Å². The summed E-state index contributed by atoms with van der Waals surface area (Å²) in [5.41, 5.74) is 0. The molecule has 0 spiro atoms. The van der Waals surface area contributed by atoms with Crippen LogP contribution in [-0.2, 0) is 28.2 Å². The molecule has 274 valence electrons. The monoisotopic (exact) mass is 684 g/mol. The molecule has 0 aliphatic carbocycles. The Morgan fingerprint density at radius 3 is 1.53 bits per heavy atom. The third-order valence-corrected chi connectivity index (χ3v) is 8.47. The fourth-order valence-corrected chi connectivity index (χ4v) is 5.52. The zero-order chi connectivity index (χ0) is 34.7. The number of carbonyl (C=O) groups is 2. The van der Waals surface area contributed by atoms with Gasteiger partial charge < -0.3 is 19.3 Å². The van der Waals surface area contributed by atoms with Gasteiger partial charge in [-0.1, -0.05) is 153 Å². The number of allylic oxidation sites excluding steroid dienone is 5. The van der Waals surface area contributed by atoms with Gasteiger partial charge in [0.05, 0.1) is 6.61 Å². The van der Waals surface area contributed by atoms with Gasteiger partial charge in [-0.15, -0.1) is 0 Å². The highest BCUT2D eigenvalue weighted by Gasteiger charge is 2.22. The van der Waals surface area contributed by atoms with Crippen LogP contribution in [0.5, 0.6) is 0 Å². The number of phosphoric ester groups is 1. The molecular weight excluding hydrogens is 615 g/mol. The first-order valence-electron chi connectivity index (χ1n) is 18.8. The molecule has 0 rings (SSSR count). The van der Waals surface area contributed by atoms with E-state index in [4.69, 9.17) is 19.3 Å². The fourth-order valence-electron chi connectivity index (χ4n) is 5.16. The van der Waals surface area contributed by atoms with Gasteiger partial charge in [0.25, 0.3) is 0 Å². The zero-order valence-corrected chi connectivity index (χ0v) is 30.8. The van der Waals surface area contributed by atoms with Gasteiger partial charge in [0.15, 0.2) is 6.10 Å². The Morgan fingerprint density at radius 1 is 0.596 bits per heavy atom. The number of phosphoric acid groups is 1. The van der Waals surface area contributed by atoms with E-state index in [2.05, 4.69) is 30.5 Å². The van der Waals surface area contributed by atoms with Crippen molar-refractivity contribution < 1.29 is 37.9 Å². The summed E-state index contributed by atoms with van der Waals surface area (Å²) in [5, 5.41) is 0. The SMILES string of the molecule is CCCCCCC/C=C/CCCCCCCC(=O)OC[C@H](COP(=O)(O)O)OC(=O)/C=C/C=C/CCCCCCCCCCCCC. The van der Waals surface area contributed by atoms with Crippen LogP contribution >= 0.6 is 7.82 Å².